The van der Waals surface area contributed by atoms with Crippen molar-refractivity contribution in [3.63, 3.8) is 0 Å². The molecule has 2 aromatic heterocycles. The van der Waals surface area contributed by atoms with Crippen molar-refractivity contribution in [3.05, 3.63) is 23.5 Å². The topological polar surface area (TPSA) is 97.1 Å². The number of aliphatic carboxylic acids is 1. The molecule has 1 aliphatic carbocycles. The van der Waals surface area contributed by atoms with E-state index in [0.29, 0.717) is 23.6 Å². The lowest BCUT2D eigenvalue weighted by Crippen LogP contribution is -2.41. The number of fused-ring (bicyclic) bond motifs is 1. The monoisotopic (exact) mass is 330 g/mol. The van der Waals surface area contributed by atoms with Crippen LogP contribution in [-0.2, 0) is 4.79 Å². The van der Waals surface area contributed by atoms with Gasteiger partial charge in [-0.2, -0.15) is 5.10 Å². The van der Waals surface area contributed by atoms with Gasteiger partial charge in [-0.1, -0.05) is 12.8 Å². The standard InChI is InChI=1S/C17H22N4O3/c1-9(2)21-15-12(8-18-21)7-13(10(3)19-15)16(22)20-14(17(23)24)6-11-4-5-11/h7-9,11,14H,4-6H2,1-3H3,(H,20,22)(H,23,24). The van der Waals surface area contributed by atoms with Crippen molar-refractivity contribution in [2.75, 3.05) is 0 Å². The fourth-order valence-electron chi connectivity index (χ4n) is 2.82. The average Bonchev–Trinajstić information content (AvgIpc) is 3.22. The number of aryl methyl sites for hydroxylation is 1. The summed E-state index contributed by atoms with van der Waals surface area (Å²) in [5, 5.41) is 17.0. The summed E-state index contributed by atoms with van der Waals surface area (Å²) in [5.41, 5.74) is 1.69. The minimum Gasteiger partial charge on any atom is -0.480 e. The number of carboxylic acids is 1. The second kappa shape index (κ2) is 6.22. The molecular weight excluding hydrogens is 308 g/mol. The summed E-state index contributed by atoms with van der Waals surface area (Å²) in [6.07, 6.45) is 4.25. The van der Waals surface area contributed by atoms with E-state index in [4.69, 9.17) is 0 Å². The van der Waals surface area contributed by atoms with Crippen LogP contribution in [-0.4, -0.2) is 37.8 Å². The molecule has 1 aliphatic rings. The third kappa shape index (κ3) is 3.25. The normalized spacial score (nSPS) is 15.7. The maximum Gasteiger partial charge on any atom is 0.326 e. The second-order valence-corrected chi connectivity index (χ2v) is 6.76. The van der Waals surface area contributed by atoms with Gasteiger partial charge in [-0.15, -0.1) is 0 Å². The highest BCUT2D eigenvalue weighted by molar-refractivity contribution is 5.99. The van der Waals surface area contributed by atoms with Crippen LogP contribution < -0.4 is 5.32 Å². The number of aromatic nitrogens is 3. The fourth-order valence-corrected chi connectivity index (χ4v) is 2.82. The van der Waals surface area contributed by atoms with Gasteiger partial charge in [-0.25, -0.2) is 14.5 Å². The molecule has 1 fully saturated rings. The van der Waals surface area contributed by atoms with Crippen molar-refractivity contribution in [1.29, 1.82) is 0 Å². The predicted molar refractivity (Wildman–Crippen MR) is 88.9 cm³/mol. The van der Waals surface area contributed by atoms with Gasteiger partial charge in [0, 0.05) is 11.4 Å². The van der Waals surface area contributed by atoms with Crippen LogP contribution in [0.5, 0.6) is 0 Å². The van der Waals surface area contributed by atoms with Gasteiger partial charge in [-0.3, -0.25) is 4.79 Å². The molecular formula is C17H22N4O3. The maximum atomic E-state index is 12.5. The van der Waals surface area contributed by atoms with Crippen molar-refractivity contribution in [1.82, 2.24) is 20.1 Å². The molecule has 7 heteroatoms. The first-order chi connectivity index (χ1) is 11.4. The summed E-state index contributed by atoms with van der Waals surface area (Å²) in [4.78, 5) is 28.4. The number of amides is 1. The maximum absolute atomic E-state index is 12.5. The lowest BCUT2D eigenvalue weighted by Gasteiger charge is -2.15. The highest BCUT2D eigenvalue weighted by atomic mass is 16.4. The smallest absolute Gasteiger partial charge is 0.326 e. The van der Waals surface area contributed by atoms with E-state index < -0.39 is 17.9 Å². The molecule has 0 bridgehead atoms. The number of carbonyl (C=O) groups excluding carboxylic acids is 1. The molecule has 2 aromatic rings. The Hall–Kier alpha value is -2.44. The van der Waals surface area contributed by atoms with Gasteiger partial charge in [0.05, 0.1) is 17.5 Å². The Labute approximate surface area is 140 Å². The number of hydrogen-bond acceptors (Lipinski definition) is 4. The lowest BCUT2D eigenvalue weighted by molar-refractivity contribution is -0.139. The molecule has 0 aliphatic heterocycles. The first-order valence-corrected chi connectivity index (χ1v) is 8.25. The largest absolute Gasteiger partial charge is 0.480 e. The Bertz CT molecular complexity index is 792. The zero-order valence-electron chi connectivity index (χ0n) is 14.1. The van der Waals surface area contributed by atoms with E-state index >= 15 is 0 Å². The fraction of sp³-hybridized carbons (Fsp3) is 0.529. The molecule has 3 rings (SSSR count). The second-order valence-electron chi connectivity index (χ2n) is 6.76. The van der Waals surface area contributed by atoms with Crippen molar-refractivity contribution < 1.29 is 14.7 Å². The van der Waals surface area contributed by atoms with Gasteiger partial charge in [0.2, 0.25) is 0 Å². The number of carbonyl (C=O) groups is 2. The number of rotatable bonds is 6. The third-order valence-corrected chi connectivity index (χ3v) is 4.36. The molecule has 2 heterocycles. The van der Waals surface area contributed by atoms with Crippen molar-refractivity contribution in [2.24, 2.45) is 5.92 Å². The molecule has 0 saturated heterocycles. The van der Waals surface area contributed by atoms with Gasteiger partial charge in [0.25, 0.3) is 5.91 Å². The molecule has 1 saturated carbocycles. The zero-order valence-corrected chi connectivity index (χ0v) is 14.1. The highest BCUT2D eigenvalue weighted by Crippen LogP contribution is 2.33. The Kier molecular flexibility index (Phi) is 4.26. The Balaban J connectivity index is 1.86. The van der Waals surface area contributed by atoms with Crippen molar-refractivity contribution >= 4 is 22.9 Å². The van der Waals surface area contributed by atoms with Crippen molar-refractivity contribution in [3.8, 4) is 0 Å². The third-order valence-electron chi connectivity index (χ3n) is 4.36. The van der Waals surface area contributed by atoms with Crippen molar-refractivity contribution in [2.45, 2.75) is 52.1 Å². The SMILES string of the molecule is Cc1nc2c(cnn2C(C)C)cc1C(=O)NC(CC1CC1)C(=O)O. The number of carboxylic acid groups (broad SMARTS) is 1. The van der Waals surface area contributed by atoms with Crippen LogP contribution >= 0.6 is 0 Å². The summed E-state index contributed by atoms with van der Waals surface area (Å²) in [6, 6.07) is 1.05. The molecule has 0 aromatic carbocycles. The molecule has 1 atom stereocenters. The molecule has 24 heavy (non-hydrogen) atoms. The van der Waals surface area contributed by atoms with Gasteiger partial charge < -0.3 is 10.4 Å². The van der Waals surface area contributed by atoms with E-state index in [-0.39, 0.29) is 6.04 Å². The van der Waals surface area contributed by atoms with Crippen LogP contribution in [0.3, 0.4) is 0 Å². The van der Waals surface area contributed by atoms with Gasteiger partial charge in [0.15, 0.2) is 5.65 Å². The first-order valence-electron chi connectivity index (χ1n) is 8.25. The number of hydrogen-bond donors (Lipinski definition) is 2. The summed E-state index contributed by atoms with van der Waals surface area (Å²) in [7, 11) is 0. The molecule has 128 valence electrons. The van der Waals surface area contributed by atoms with Crippen LogP contribution in [0.1, 0.15) is 55.2 Å². The molecule has 0 radical (unpaired) electrons. The summed E-state index contributed by atoms with van der Waals surface area (Å²) in [6.45, 7) is 5.78. The van der Waals surface area contributed by atoms with Gasteiger partial charge in [-0.05, 0) is 39.2 Å². The summed E-state index contributed by atoms with van der Waals surface area (Å²) >= 11 is 0. The van der Waals surface area contributed by atoms with E-state index in [0.717, 1.165) is 23.9 Å². The summed E-state index contributed by atoms with van der Waals surface area (Å²) < 4.78 is 1.80. The van der Waals surface area contributed by atoms with Crippen LogP contribution in [0.4, 0.5) is 0 Å². The molecule has 1 unspecified atom stereocenters. The summed E-state index contributed by atoms with van der Waals surface area (Å²) in [5.74, 6) is -0.973. The number of pyridine rings is 1. The van der Waals surface area contributed by atoms with Crippen LogP contribution in [0.15, 0.2) is 12.3 Å². The van der Waals surface area contributed by atoms with E-state index in [9.17, 15) is 14.7 Å². The average molecular weight is 330 g/mol. The Morgan fingerprint density at radius 2 is 2.12 bits per heavy atom. The first kappa shape index (κ1) is 16.4. The predicted octanol–water partition coefficient (Wildman–Crippen LogP) is 2.30. The molecule has 0 spiro atoms. The zero-order chi connectivity index (χ0) is 17.4. The minimum atomic E-state index is -0.991. The molecule has 7 nitrogen and oxygen atoms in total. The number of nitrogens with zero attached hydrogens (tertiary/aromatic N) is 3. The molecule has 1 amide bonds. The number of nitrogens with one attached hydrogen (secondary N) is 1. The van der Waals surface area contributed by atoms with Gasteiger partial charge in [0.1, 0.15) is 6.04 Å². The van der Waals surface area contributed by atoms with E-state index in [1.165, 1.54) is 0 Å². The van der Waals surface area contributed by atoms with Crippen LogP contribution in [0, 0.1) is 12.8 Å². The van der Waals surface area contributed by atoms with E-state index in [1.54, 1.807) is 23.9 Å². The Morgan fingerprint density at radius 3 is 2.71 bits per heavy atom. The van der Waals surface area contributed by atoms with E-state index in [2.05, 4.69) is 15.4 Å². The highest BCUT2D eigenvalue weighted by Gasteiger charge is 2.30. The van der Waals surface area contributed by atoms with E-state index in [1.807, 2.05) is 13.8 Å². The molecule has 2 N–H and O–H groups in total. The Morgan fingerprint density at radius 1 is 1.42 bits per heavy atom. The minimum absolute atomic E-state index is 0.170. The lowest BCUT2D eigenvalue weighted by atomic mass is 10.1. The van der Waals surface area contributed by atoms with Crippen LogP contribution in [0.2, 0.25) is 0 Å². The van der Waals surface area contributed by atoms with Gasteiger partial charge >= 0.3 is 5.97 Å². The quantitative estimate of drug-likeness (QED) is 0.847. The van der Waals surface area contributed by atoms with Crippen LogP contribution in [0.25, 0.3) is 11.0 Å².